The van der Waals surface area contributed by atoms with Crippen molar-refractivity contribution in [1.29, 1.82) is 0 Å². The van der Waals surface area contributed by atoms with Crippen molar-refractivity contribution in [3.8, 4) is 5.88 Å². The molecule has 1 aromatic rings. The molecule has 0 saturated carbocycles. The van der Waals surface area contributed by atoms with Gasteiger partial charge < -0.3 is 15.0 Å². The third-order valence-electron chi connectivity index (χ3n) is 2.60. The topological polar surface area (TPSA) is 54.5 Å². The molecule has 0 aromatic carbocycles. The van der Waals surface area contributed by atoms with Crippen LogP contribution < -0.4 is 10.1 Å². The molecule has 1 saturated heterocycles. The van der Waals surface area contributed by atoms with Crippen LogP contribution in [0.2, 0.25) is 0 Å². The molecule has 1 fully saturated rings. The smallest absolute Gasteiger partial charge is 0.259 e. The van der Waals surface area contributed by atoms with E-state index in [4.69, 9.17) is 4.74 Å². The van der Waals surface area contributed by atoms with E-state index >= 15 is 0 Å². The van der Waals surface area contributed by atoms with E-state index in [0.717, 1.165) is 26.2 Å². The number of ether oxygens (including phenoxy) is 1. The lowest BCUT2D eigenvalue weighted by Gasteiger charge is -2.27. The first-order valence-electron chi connectivity index (χ1n) is 5.32. The molecule has 1 aliphatic heterocycles. The van der Waals surface area contributed by atoms with Crippen molar-refractivity contribution in [2.45, 2.75) is 0 Å². The molecule has 16 heavy (non-hydrogen) atoms. The normalized spacial score (nSPS) is 15.9. The number of amides is 1. The molecular formula is C11H15N3O2. The van der Waals surface area contributed by atoms with E-state index in [0.29, 0.717) is 11.4 Å². The van der Waals surface area contributed by atoms with Gasteiger partial charge >= 0.3 is 0 Å². The first-order valence-corrected chi connectivity index (χ1v) is 5.32. The van der Waals surface area contributed by atoms with Gasteiger partial charge in [-0.1, -0.05) is 0 Å². The number of methoxy groups -OCH3 is 1. The highest BCUT2D eigenvalue weighted by Gasteiger charge is 2.21. The van der Waals surface area contributed by atoms with Crippen molar-refractivity contribution < 1.29 is 9.53 Å². The number of aromatic nitrogens is 1. The van der Waals surface area contributed by atoms with Crippen LogP contribution in [0.4, 0.5) is 0 Å². The fourth-order valence-electron chi connectivity index (χ4n) is 1.75. The Morgan fingerprint density at radius 2 is 2.25 bits per heavy atom. The predicted molar refractivity (Wildman–Crippen MR) is 59.6 cm³/mol. The van der Waals surface area contributed by atoms with E-state index in [1.165, 1.54) is 7.11 Å². The highest BCUT2D eigenvalue weighted by atomic mass is 16.5. The standard InChI is InChI=1S/C11H15N3O2/c1-16-10-9(3-2-4-13-10)11(15)14-7-5-12-6-8-14/h2-4,12H,5-8H2,1H3. The summed E-state index contributed by atoms with van der Waals surface area (Å²) < 4.78 is 5.08. The quantitative estimate of drug-likeness (QED) is 0.771. The van der Waals surface area contributed by atoms with Crippen molar-refractivity contribution in [2.24, 2.45) is 0 Å². The summed E-state index contributed by atoms with van der Waals surface area (Å²) in [5.41, 5.74) is 0.534. The molecule has 0 aliphatic carbocycles. The minimum atomic E-state index is -0.00792. The van der Waals surface area contributed by atoms with Crippen LogP contribution in [0.5, 0.6) is 5.88 Å². The van der Waals surface area contributed by atoms with Gasteiger partial charge in [0.15, 0.2) is 0 Å². The van der Waals surface area contributed by atoms with E-state index in [9.17, 15) is 4.79 Å². The molecule has 1 aliphatic rings. The van der Waals surface area contributed by atoms with Gasteiger partial charge in [0.25, 0.3) is 5.91 Å². The van der Waals surface area contributed by atoms with Crippen molar-refractivity contribution in [3.05, 3.63) is 23.9 Å². The summed E-state index contributed by atoms with van der Waals surface area (Å²) in [6.07, 6.45) is 1.62. The number of rotatable bonds is 2. The number of pyridine rings is 1. The predicted octanol–water partition coefficient (Wildman–Crippen LogP) is 0.136. The number of hydrogen-bond acceptors (Lipinski definition) is 4. The first kappa shape index (κ1) is 10.9. The maximum Gasteiger partial charge on any atom is 0.259 e. The average Bonchev–Trinajstić information content (AvgIpc) is 2.39. The Kier molecular flexibility index (Phi) is 3.36. The molecule has 0 spiro atoms. The van der Waals surface area contributed by atoms with Gasteiger partial charge in [-0.15, -0.1) is 0 Å². The van der Waals surface area contributed by atoms with Crippen molar-refractivity contribution in [2.75, 3.05) is 33.3 Å². The van der Waals surface area contributed by atoms with Crippen molar-refractivity contribution in [3.63, 3.8) is 0 Å². The molecule has 1 amide bonds. The number of hydrogen-bond donors (Lipinski definition) is 1. The van der Waals surface area contributed by atoms with E-state index in [1.54, 1.807) is 18.3 Å². The summed E-state index contributed by atoms with van der Waals surface area (Å²) in [5, 5.41) is 3.21. The number of piperazine rings is 1. The molecule has 0 unspecified atom stereocenters. The summed E-state index contributed by atoms with van der Waals surface area (Å²) in [5.74, 6) is 0.387. The van der Waals surface area contributed by atoms with Crippen LogP contribution in [-0.4, -0.2) is 49.1 Å². The lowest BCUT2D eigenvalue weighted by molar-refractivity contribution is 0.0731. The number of nitrogens with zero attached hydrogens (tertiary/aromatic N) is 2. The fraction of sp³-hybridized carbons (Fsp3) is 0.455. The second-order valence-electron chi connectivity index (χ2n) is 3.60. The fourth-order valence-corrected chi connectivity index (χ4v) is 1.75. The molecule has 1 aromatic heterocycles. The van der Waals surface area contributed by atoms with E-state index in [-0.39, 0.29) is 5.91 Å². The Hall–Kier alpha value is -1.62. The minimum Gasteiger partial charge on any atom is -0.480 e. The van der Waals surface area contributed by atoms with Gasteiger partial charge in [0.1, 0.15) is 5.56 Å². The van der Waals surface area contributed by atoms with E-state index in [1.807, 2.05) is 4.90 Å². The van der Waals surface area contributed by atoms with Gasteiger partial charge in [-0.05, 0) is 12.1 Å². The van der Waals surface area contributed by atoms with Crippen molar-refractivity contribution >= 4 is 5.91 Å². The summed E-state index contributed by atoms with van der Waals surface area (Å²) in [6, 6.07) is 3.49. The second-order valence-corrected chi connectivity index (χ2v) is 3.60. The average molecular weight is 221 g/mol. The SMILES string of the molecule is COc1ncccc1C(=O)N1CCNCC1. The lowest BCUT2D eigenvalue weighted by Crippen LogP contribution is -2.46. The third kappa shape index (κ3) is 2.14. The Labute approximate surface area is 94.4 Å². The Bertz CT molecular complexity index is 375. The summed E-state index contributed by atoms with van der Waals surface area (Å²) in [4.78, 5) is 18.0. The van der Waals surface area contributed by atoms with Crippen LogP contribution >= 0.6 is 0 Å². The molecular weight excluding hydrogens is 206 g/mol. The van der Waals surface area contributed by atoms with Crippen molar-refractivity contribution in [1.82, 2.24) is 15.2 Å². The first-order chi connectivity index (χ1) is 7.83. The molecule has 5 heteroatoms. The molecule has 2 rings (SSSR count). The zero-order valence-electron chi connectivity index (χ0n) is 9.27. The number of carbonyl (C=O) groups is 1. The number of carbonyl (C=O) groups excluding carboxylic acids is 1. The van der Waals surface area contributed by atoms with E-state index in [2.05, 4.69) is 10.3 Å². The second kappa shape index (κ2) is 4.94. The van der Waals surface area contributed by atoms with Crippen LogP contribution in [0.25, 0.3) is 0 Å². The minimum absolute atomic E-state index is 0.00792. The zero-order valence-corrected chi connectivity index (χ0v) is 9.27. The summed E-state index contributed by atoms with van der Waals surface area (Å²) >= 11 is 0. The van der Waals surface area contributed by atoms with Gasteiger partial charge in [0.05, 0.1) is 7.11 Å². The van der Waals surface area contributed by atoms with Gasteiger partial charge in [-0.2, -0.15) is 0 Å². The largest absolute Gasteiger partial charge is 0.480 e. The molecule has 1 N–H and O–H groups in total. The van der Waals surface area contributed by atoms with Crippen LogP contribution in [0.1, 0.15) is 10.4 Å². The van der Waals surface area contributed by atoms with E-state index < -0.39 is 0 Å². The van der Waals surface area contributed by atoms with Crippen LogP contribution in [-0.2, 0) is 0 Å². The summed E-state index contributed by atoms with van der Waals surface area (Å²) in [7, 11) is 1.52. The Morgan fingerprint density at radius 3 is 2.94 bits per heavy atom. The van der Waals surface area contributed by atoms with Gasteiger partial charge in [0, 0.05) is 32.4 Å². The highest BCUT2D eigenvalue weighted by molar-refractivity contribution is 5.96. The Morgan fingerprint density at radius 1 is 1.50 bits per heavy atom. The maximum absolute atomic E-state index is 12.2. The number of nitrogens with one attached hydrogen (secondary N) is 1. The zero-order chi connectivity index (χ0) is 11.4. The monoisotopic (exact) mass is 221 g/mol. The van der Waals surface area contributed by atoms with Gasteiger partial charge in [-0.3, -0.25) is 4.79 Å². The maximum atomic E-state index is 12.2. The highest BCUT2D eigenvalue weighted by Crippen LogP contribution is 2.16. The molecule has 0 radical (unpaired) electrons. The van der Waals surface area contributed by atoms with Crippen LogP contribution in [0, 0.1) is 0 Å². The lowest BCUT2D eigenvalue weighted by atomic mass is 10.2. The van der Waals surface area contributed by atoms with Gasteiger partial charge in [0.2, 0.25) is 5.88 Å². The molecule has 0 bridgehead atoms. The molecule has 86 valence electrons. The Balaban J connectivity index is 2.19. The molecule has 5 nitrogen and oxygen atoms in total. The third-order valence-corrected chi connectivity index (χ3v) is 2.60. The van der Waals surface area contributed by atoms with Crippen LogP contribution in [0.3, 0.4) is 0 Å². The molecule has 0 atom stereocenters. The molecule has 2 heterocycles. The van der Waals surface area contributed by atoms with Crippen LogP contribution in [0.15, 0.2) is 18.3 Å². The van der Waals surface area contributed by atoms with Gasteiger partial charge in [-0.25, -0.2) is 4.98 Å². The summed E-state index contributed by atoms with van der Waals surface area (Å²) in [6.45, 7) is 3.15.